The Morgan fingerprint density at radius 3 is 2.42 bits per heavy atom. The van der Waals surface area contributed by atoms with Crippen LogP contribution in [0.15, 0.2) is 24.3 Å². The molecule has 0 aliphatic rings. The summed E-state index contributed by atoms with van der Waals surface area (Å²) >= 11 is 0. The molecule has 0 saturated heterocycles. The van der Waals surface area contributed by atoms with Gasteiger partial charge in [0.2, 0.25) is 0 Å². The molecule has 2 N–H and O–H groups in total. The Morgan fingerprint density at radius 1 is 1.33 bits per heavy atom. The first-order chi connectivity index (χ1) is 5.20. The third kappa shape index (κ3) is 3.29. The van der Waals surface area contributed by atoms with Crippen molar-refractivity contribution in [1.29, 1.82) is 0 Å². The molecule has 0 aliphatic heterocycles. The van der Waals surface area contributed by atoms with Crippen molar-refractivity contribution in [3.63, 3.8) is 0 Å². The van der Waals surface area contributed by atoms with Crippen LogP contribution in [-0.2, 0) is 0 Å². The fourth-order valence-electron chi connectivity index (χ4n) is 0.654. The Kier molecular flexibility index (Phi) is 5.02. The molecule has 3 nitrogen and oxygen atoms in total. The van der Waals surface area contributed by atoms with Crippen LogP contribution in [0.3, 0.4) is 0 Å². The van der Waals surface area contributed by atoms with E-state index in [9.17, 15) is 4.39 Å². The molecule has 1 rings (SSSR count). The summed E-state index contributed by atoms with van der Waals surface area (Å²) in [6.45, 7) is 0. The first kappa shape index (κ1) is 11.5. The van der Waals surface area contributed by atoms with Gasteiger partial charge in [0.1, 0.15) is 5.75 Å². The number of hydrogen-bond donors (Lipinski definition) is 2. The average Bonchev–Trinajstić information content (AvgIpc) is 1.93. The molecule has 12 heavy (non-hydrogen) atoms. The van der Waals surface area contributed by atoms with E-state index in [1.807, 2.05) is 0 Å². The molecule has 0 heterocycles. The number of rotatable bonds is 2. The van der Waals surface area contributed by atoms with Crippen molar-refractivity contribution in [2.24, 2.45) is 0 Å². The Hall–Kier alpha value is -0.468. The minimum Gasteiger partial charge on any atom is -1.00 e. The minimum absolute atomic E-state index is 0. The van der Waals surface area contributed by atoms with E-state index in [-0.39, 0.29) is 26.0 Å². The van der Waals surface area contributed by atoms with Gasteiger partial charge in [0.15, 0.2) is 5.82 Å². The summed E-state index contributed by atoms with van der Waals surface area (Å²) < 4.78 is 16.9. The van der Waals surface area contributed by atoms with Gasteiger partial charge >= 0.3 is 26.2 Å². The molecule has 0 unspecified atom stereocenters. The molecular weight excluding hydrogens is 157 g/mol. The van der Waals surface area contributed by atoms with E-state index in [2.05, 4.69) is 4.65 Å². The molecular formula is C6H7BFLiO3. The van der Waals surface area contributed by atoms with Crippen molar-refractivity contribution in [1.82, 2.24) is 0 Å². The van der Waals surface area contributed by atoms with Crippen LogP contribution >= 0.6 is 0 Å². The van der Waals surface area contributed by atoms with Crippen molar-refractivity contribution in [3.05, 3.63) is 30.1 Å². The molecule has 1 aromatic rings. The average molecular weight is 164 g/mol. The quantitative estimate of drug-likeness (QED) is 0.467. The zero-order valence-corrected chi connectivity index (χ0v) is 6.57. The fraction of sp³-hybridized carbons (Fsp3) is 0. The SMILES string of the molecule is OB(O)Oc1ccccc1F.[H-].[Li+]. The van der Waals surface area contributed by atoms with Gasteiger partial charge in [-0.15, -0.1) is 0 Å². The second-order valence-corrected chi connectivity index (χ2v) is 1.87. The van der Waals surface area contributed by atoms with E-state index in [1.165, 1.54) is 18.2 Å². The molecule has 60 valence electrons. The maximum atomic E-state index is 12.6. The minimum atomic E-state index is -1.98. The topological polar surface area (TPSA) is 49.7 Å². The number of hydrogen-bond acceptors (Lipinski definition) is 3. The molecule has 0 bridgehead atoms. The molecule has 0 amide bonds. The number of benzene rings is 1. The van der Waals surface area contributed by atoms with Crippen molar-refractivity contribution in [3.8, 4) is 5.75 Å². The summed E-state index contributed by atoms with van der Waals surface area (Å²) in [6, 6.07) is 5.47. The zero-order valence-electron chi connectivity index (χ0n) is 7.57. The molecule has 0 atom stereocenters. The van der Waals surface area contributed by atoms with Crippen molar-refractivity contribution in [2.45, 2.75) is 0 Å². The van der Waals surface area contributed by atoms with Crippen LogP contribution in [0.2, 0.25) is 0 Å². The Morgan fingerprint density at radius 2 is 1.92 bits per heavy atom. The fourth-order valence-corrected chi connectivity index (χ4v) is 0.654. The van der Waals surface area contributed by atoms with E-state index in [0.29, 0.717) is 0 Å². The Balaban J connectivity index is 0. The van der Waals surface area contributed by atoms with Gasteiger partial charge in [-0.25, -0.2) is 4.39 Å². The normalized spacial score (nSPS) is 8.58. The van der Waals surface area contributed by atoms with E-state index in [0.717, 1.165) is 6.07 Å². The van der Waals surface area contributed by atoms with Crippen LogP contribution in [0.4, 0.5) is 4.39 Å². The van der Waals surface area contributed by atoms with Gasteiger partial charge in [-0.05, 0) is 12.1 Å². The summed E-state index contributed by atoms with van der Waals surface area (Å²) in [6.07, 6.45) is 0. The van der Waals surface area contributed by atoms with E-state index < -0.39 is 13.1 Å². The number of halogens is 1. The Labute approximate surface area is 83.0 Å². The predicted octanol–water partition coefficient (Wildman–Crippen LogP) is -2.71. The van der Waals surface area contributed by atoms with Crippen LogP contribution in [0.1, 0.15) is 1.43 Å². The Bertz CT molecular complexity index is 251. The molecule has 6 heteroatoms. The van der Waals surface area contributed by atoms with Crippen LogP contribution in [0, 0.1) is 5.82 Å². The van der Waals surface area contributed by atoms with Gasteiger partial charge in [-0.2, -0.15) is 0 Å². The van der Waals surface area contributed by atoms with E-state index in [1.54, 1.807) is 0 Å². The second-order valence-electron chi connectivity index (χ2n) is 1.87. The first-order valence-electron chi connectivity index (χ1n) is 2.97. The summed E-state index contributed by atoms with van der Waals surface area (Å²) in [5.41, 5.74) is 0. The largest absolute Gasteiger partial charge is 1.00 e. The molecule has 0 fully saturated rings. The molecule has 0 aromatic heterocycles. The van der Waals surface area contributed by atoms with Gasteiger partial charge in [0.05, 0.1) is 0 Å². The van der Waals surface area contributed by atoms with Gasteiger partial charge < -0.3 is 16.1 Å². The maximum absolute atomic E-state index is 12.6. The third-order valence-electron chi connectivity index (χ3n) is 1.07. The van der Waals surface area contributed by atoms with Crippen molar-refractivity contribution in [2.75, 3.05) is 0 Å². The molecule has 1 aromatic carbocycles. The molecule has 0 saturated carbocycles. The third-order valence-corrected chi connectivity index (χ3v) is 1.07. The van der Waals surface area contributed by atoms with E-state index in [4.69, 9.17) is 10.0 Å². The van der Waals surface area contributed by atoms with Crippen LogP contribution < -0.4 is 23.5 Å². The first-order valence-corrected chi connectivity index (χ1v) is 2.97. The standard InChI is InChI=1S/C6H6BFO3.Li.H/c8-5-3-1-2-4-6(5)11-7(9)10;;/h1-4,9-10H;;/q;+1;-1. The van der Waals surface area contributed by atoms with Crippen molar-refractivity contribution < 1.29 is 39.4 Å². The summed E-state index contributed by atoms with van der Waals surface area (Å²) in [5, 5.41) is 16.6. The number of para-hydroxylation sites is 1. The van der Waals surface area contributed by atoms with Gasteiger partial charge in [0.25, 0.3) is 0 Å². The zero-order chi connectivity index (χ0) is 8.27. The van der Waals surface area contributed by atoms with Crippen LogP contribution in [0.5, 0.6) is 5.75 Å². The smallest absolute Gasteiger partial charge is 1.00 e. The molecule has 0 aliphatic carbocycles. The molecule has 0 spiro atoms. The molecule has 0 radical (unpaired) electrons. The van der Waals surface area contributed by atoms with Crippen LogP contribution in [-0.4, -0.2) is 17.4 Å². The summed E-state index contributed by atoms with van der Waals surface area (Å²) in [7, 11) is -1.98. The predicted molar refractivity (Wildman–Crippen MR) is 38.3 cm³/mol. The maximum Gasteiger partial charge on any atom is 1.00 e. The van der Waals surface area contributed by atoms with Gasteiger partial charge in [-0.1, -0.05) is 12.1 Å². The van der Waals surface area contributed by atoms with Crippen LogP contribution in [0.25, 0.3) is 0 Å². The summed E-state index contributed by atoms with van der Waals surface area (Å²) in [4.78, 5) is 0. The second kappa shape index (κ2) is 5.23. The van der Waals surface area contributed by atoms with E-state index >= 15 is 0 Å². The summed E-state index contributed by atoms with van der Waals surface area (Å²) in [5.74, 6) is -0.803. The monoisotopic (exact) mass is 164 g/mol. The van der Waals surface area contributed by atoms with Gasteiger partial charge in [-0.3, -0.25) is 0 Å². The van der Waals surface area contributed by atoms with Crippen molar-refractivity contribution >= 4 is 7.32 Å². The van der Waals surface area contributed by atoms with Gasteiger partial charge in [0, 0.05) is 0 Å².